The molecule has 4 nitrogen and oxygen atoms in total. The van der Waals surface area contributed by atoms with E-state index in [1.165, 1.54) is 32.7 Å². The lowest BCUT2D eigenvalue weighted by Crippen LogP contribution is -2.53. The van der Waals surface area contributed by atoms with E-state index in [1.54, 1.807) is 0 Å². The van der Waals surface area contributed by atoms with E-state index < -0.39 is 0 Å². The average Bonchev–Trinajstić information content (AvgIpc) is 2.81. The summed E-state index contributed by atoms with van der Waals surface area (Å²) in [4.78, 5) is 13.6. The Hall–Kier alpha value is -1.55. The van der Waals surface area contributed by atoms with E-state index >= 15 is 0 Å². The summed E-state index contributed by atoms with van der Waals surface area (Å²) in [6.07, 6.45) is 5.34. The molecule has 0 aromatic heterocycles. The number of anilines is 1. The molecule has 1 heterocycles. The molecule has 0 spiro atoms. The molecule has 21 heavy (non-hydrogen) atoms. The third kappa shape index (κ3) is 3.56. The van der Waals surface area contributed by atoms with Gasteiger partial charge in [0.15, 0.2) is 0 Å². The minimum absolute atomic E-state index is 0.0524. The molecule has 114 valence electrons. The van der Waals surface area contributed by atoms with Gasteiger partial charge in [-0.3, -0.25) is 9.69 Å². The van der Waals surface area contributed by atoms with Gasteiger partial charge in [-0.25, -0.2) is 0 Å². The van der Waals surface area contributed by atoms with E-state index in [2.05, 4.69) is 10.2 Å². The van der Waals surface area contributed by atoms with Crippen LogP contribution in [0.3, 0.4) is 0 Å². The molecule has 2 atom stereocenters. The smallest absolute Gasteiger partial charge is 0.221 e. The van der Waals surface area contributed by atoms with Crippen LogP contribution >= 0.6 is 0 Å². The zero-order valence-electron chi connectivity index (χ0n) is 12.7. The monoisotopic (exact) mass is 288 g/mol. The zero-order chi connectivity index (χ0) is 14.7. The number of hydrogen-bond donors (Lipinski definition) is 1. The van der Waals surface area contributed by atoms with Gasteiger partial charge >= 0.3 is 0 Å². The van der Waals surface area contributed by atoms with Crippen molar-refractivity contribution < 1.29 is 9.53 Å². The molecule has 4 heteroatoms. The number of fused-ring (bicyclic) bond motifs is 1. The summed E-state index contributed by atoms with van der Waals surface area (Å²) in [5.41, 5.74) is 0.808. The van der Waals surface area contributed by atoms with E-state index in [-0.39, 0.29) is 5.91 Å². The topological polar surface area (TPSA) is 41.6 Å². The van der Waals surface area contributed by atoms with Gasteiger partial charge < -0.3 is 10.1 Å². The first-order valence-corrected chi connectivity index (χ1v) is 7.97. The molecule has 1 aliphatic carbocycles. The Balaban J connectivity index is 1.34. The lowest BCUT2D eigenvalue weighted by molar-refractivity contribution is -0.114. The van der Waals surface area contributed by atoms with Crippen molar-refractivity contribution in [2.75, 3.05) is 25.0 Å². The lowest BCUT2D eigenvalue weighted by Gasteiger charge is -2.44. The number of rotatable bonds is 6. The highest BCUT2D eigenvalue weighted by atomic mass is 16.5. The second-order valence-corrected chi connectivity index (χ2v) is 6.16. The van der Waals surface area contributed by atoms with Gasteiger partial charge in [0.1, 0.15) is 5.75 Å². The molecule has 1 saturated heterocycles. The van der Waals surface area contributed by atoms with E-state index in [4.69, 9.17) is 4.74 Å². The summed E-state index contributed by atoms with van der Waals surface area (Å²) in [5.74, 6) is 1.81. The molecule has 3 rings (SSSR count). The maximum atomic E-state index is 10.9. The number of carbonyl (C=O) groups is 1. The Labute approximate surface area is 126 Å². The standard InChI is InChI=1S/C17H24N2O2/c1-13(20)18-15-6-8-16(9-7-15)21-11-3-10-19-12-14-4-2-5-17(14)19/h6-9,14,17H,2-5,10-12H2,1H3,(H,18,20)/t14-,17-/m1/s1. The normalized spacial score (nSPS) is 24.2. The highest BCUT2D eigenvalue weighted by Crippen LogP contribution is 2.38. The Morgan fingerprint density at radius 1 is 1.33 bits per heavy atom. The molecule has 0 unspecified atom stereocenters. The van der Waals surface area contributed by atoms with Gasteiger partial charge in [0.05, 0.1) is 6.61 Å². The summed E-state index contributed by atoms with van der Waals surface area (Å²) in [5, 5.41) is 2.75. The molecule has 0 radical (unpaired) electrons. The predicted molar refractivity (Wildman–Crippen MR) is 83.6 cm³/mol. The molecular formula is C17H24N2O2. The van der Waals surface area contributed by atoms with Gasteiger partial charge in [-0.2, -0.15) is 0 Å². The highest BCUT2D eigenvalue weighted by Gasteiger charge is 2.41. The van der Waals surface area contributed by atoms with Crippen LogP contribution in [0.15, 0.2) is 24.3 Å². The predicted octanol–water partition coefficient (Wildman–Crippen LogP) is 2.90. The van der Waals surface area contributed by atoms with Gasteiger partial charge in [0.25, 0.3) is 0 Å². The zero-order valence-corrected chi connectivity index (χ0v) is 12.7. The van der Waals surface area contributed by atoms with Crippen LogP contribution in [0.25, 0.3) is 0 Å². The molecule has 1 N–H and O–H groups in total. The molecule has 2 fully saturated rings. The van der Waals surface area contributed by atoms with E-state index in [1.807, 2.05) is 24.3 Å². The molecule has 1 amide bonds. The molecule has 1 aliphatic heterocycles. The molecule has 1 saturated carbocycles. The lowest BCUT2D eigenvalue weighted by atomic mass is 9.92. The molecular weight excluding hydrogens is 264 g/mol. The van der Waals surface area contributed by atoms with E-state index in [9.17, 15) is 4.79 Å². The van der Waals surface area contributed by atoms with Crippen LogP contribution in [0.5, 0.6) is 5.75 Å². The maximum Gasteiger partial charge on any atom is 0.221 e. The van der Waals surface area contributed by atoms with Crippen molar-refractivity contribution in [3.63, 3.8) is 0 Å². The van der Waals surface area contributed by atoms with Crippen LogP contribution in [-0.4, -0.2) is 36.5 Å². The number of nitrogens with zero attached hydrogens (tertiary/aromatic N) is 1. The molecule has 0 bridgehead atoms. The first kappa shape index (κ1) is 14.4. The largest absolute Gasteiger partial charge is 0.494 e. The Morgan fingerprint density at radius 2 is 2.14 bits per heavy atom. The van der Waals surface area contributed by atoms with Crippen LogP contribution < -0.4 is 10.1 Å². The third-order valence-electron chi connectivity index (χ3n) is 4.59. The van der Waals surface area contributed by atoms with Crippen LogP contribution in [0, 0.1) is 5.92 Å². The number of carbonyl (C=O) groups excluding carboxylic acids is 1. The van der Waals surface area contributed by atoms with Gasteiger partial charge in [-0.15, -0.1) is 0 Å². The number of likely N-dealkylation sites (tertiary alicyclic amines) is 1. The highest BCUT2D eigenvalue weighted by molar-refractivity contribution is 5.88. The van der Waals surface area contributed by atoms with Crippen molar-refractivity contribution in [1.29, 1.82) is 0 Å². The van der Waals surface area contributed by atoms with E-state index in [0.717, 1.165) is 43.0 Å². The Morgan fingerprint density at radius 3 is 2.86 bits per heavy atom. The summed E-state index contributed by atoms with van der Waals surface area (Å²) >= 11 is 0. The minimum atomic E-state index is -0.0524. The number of hydrogen-bond acceptors (Lipinski definition) is 3. The average molecular weight is 288 g/mol. The van der Waals surface area contributed by atoms with Crippen LogP contribution in [0.4, 0.5) is 5.69 Å². The number of amides is 1. The minimum Gasteiger partial charge on any atom is -0.494 e. The fourth-order valence-electron chi connectivity index (χ4n) is 3.56. The molecule has 2 aliphatic rings. The fourth-order valence-corrected chi connectivity index (χ4v) is 3.56. The van der Waals surface area contributed by atoms with Crippen molar-refractivity contribution in [1.82, 2.24) is 4.90 Å². The van der Waals surface area contributed by atoms with Gasteiger partial charge in [0, 0.05) is 31.7 Å². The first-order valence-electron chi connectivity index (χ1n) is 7.97. The van der Waals surface area contributed by atoms with Crippen molar-refractivity contribution in [2.24, 2.45) is 5.92 Å². The SMILES string of the molecule is CC(=O)Nc1ccc(OCCCN2C[C@H]3CCC[C@H]32)cc1. The fraction of sp³-hybridized carbons (Fsp3) is 0.588. The van der Waals surface area contributed by atoms with E-state index in [0.29, 0.717) is 0 Å². The van der Waals surface area contributed by atoms with Crippen LogP contribution in [0.1, 0.15) is 32.6 Å². The Kier molecular flexibility index (Phi) is 4.44. The van der Waals surface area contributed by atoms with Crippen molar-refractivity contribution in [3.8, 4) is 5.75 Å². The number of nitrogens with one attached hydrogen (secondary N) is 1. The second-order valence-electron chi connectivity index (χ2n) is 6.16. The van der Waals surface area contributed by atoms with Crippen LogP contribution in [0.2, 0.25) is 0 Å². The number of benzene rings is 1. The van der Waals surface area contributed by atoms with Crippen LogP contribution in [-0.2, 0) is 4.79 Å². The summed E-state index contributed by atoms with van der Waals surface area (Å²) < 4.78 is 5.76. The quantitative estimate of drug-likeness (QED) is 0.818. The maximum absolute atomic E-state index is 10.9. The Bertz CT molecular complexity index is 486. The summed E-state index contributed by atoms with van der Waals surface area (Å²) in [6.45, 7) is 4.73. The molecule has 1 aromatic rings. The number of ether oxygens (including phenoxy) is 1. The second kappa shape index (κ2) is 6.48. The van der Waals surface area contributed by atoms with Gasteiger partial charge in [-0.1, -0.05) is 6.42 Å². The van der Waals surface area contributed by atoms with Crippen molar-refractivity contribution in [2.45, 2.75) is 38.6 Å². The molecule has 1 aromatic carbocycles. The summed E-state index contributed by atoms with van der Waals surface area (Å²) in [6, 6.07) is 8.43. The van der Waals surface area contributed by atoms with Crippen molar-refractivity contribution >= 4 is 11.6 Å². The van der Waals surface area contributed by atoms with Gasteiger partial charge in [0.2, 0.25) is 5.91 Å². The summed E-state index contributed by atoms with van der Waals surface area (Å²) in [7, 11) is 0. The first-order chi connectivity index (χ1) is 10.2. The van der Waals surface area contributed by atoms with Gasteiger partial charge in [-0.05, 0) is 49.4 Å². The van der Waals surface area contributed by atoms with Crippen molar-refractivity contribution in [3.05, 3.63) is 24.3 Å². The third-order valence-corrected chi connectivity index (χ3v) is 4.59.